The van der Waals surface area contributed by atoms with Crippen molar-refractivity contribution < 1.29 is 4.79 Å². The number of piperazine rings is 1. The molecule has 3 aromatic rings. The van der Waals surface area contributed by atoms with Gasteiger partial charge in [0.05, 0.1) is 17.3 Å². The number of anilines is 2. The van der Waals surface area contributed by atoms with Crippen molar-refractivity contribution in [1.29, 1.82) is 0 Å². The predicted molar refractivity (Wildman–Crippen MR) is 135 cm³/mol. The van der Waals surface area contributed by atoms with Crippen LogP contribution in [0.4, 0.5) is 11.5 Å². The molecule has 0 radical (unpaired) electrons. The quantitative estimate of drug-likeness (QED) is 0.552. The van der Waals surface area contributed by atoms with Crippen LogP contribution in [0.2, 0.25) is 5.02 Å². The number of rotatable bonds is 3. The van der Waals surface area contributed by atoms with E-state index in [9.17, 15) is 4.79 Å². The molecule has 1 aromatic carbocycles. The molecule has 180 valence electrons. The molecule has 3 N–H and O–H groups in total. The first-order valence-electron chi connectivity index (χ1n) is 12.0. The van der Waals surface area contributed by atoms with Gasteiger partial charge in [0, 0.05) is 60.3 Å². The summed E-state index contributed by atoms with van der Waals surface area (Å²) in [7, 11) is 0. The van der Waals surface area contributed by atoms with Crippen LogP contribution in [-0.2, 0) is 0 Å². The lowest BCUT2D eigenvalue weighted by molar-refractivity contribution is 0.0607. The number of nitrogen functional groups attached to an aromatic ring is 1. The highest BCUT2D eigenvalue weighted by molar-refractivity contribution is 6.31. The first-order valence-corrected chi connectivity index (χ1v) is 12.4. The standard InChI is InChI=1S/C25H32ClN7O/c1-15-12-33-23(29-24(15)31-13-16(2)28-17(3)14-31)11-21(30-33)22-6-4-5-9-32(22)25(34)19-10-18(26)7-8-20(19)27/h7-8,10-12,16-17,22,28H,4-6,9,13-14,27H2,1-3H3/t16?,17?,22-/m0/s1. The van der Waals surface area contributed by atoms with E-state index in [1.807, 2.05) is 21.7 Å². The summed E-state index contributed by atoms with van der Waals surface area (Å²) in [5.74, 6) is 0.901. The second-order valence-corrected chi connectivity index (χ2v) is 10.2. The fourth-order valence-electron chi connectivity index (χ4n) is 5.35. The monoisotopic (exact) mass is 481 g/mol. The minimum absolute atomic E-state index is 0.102. The molecule has 5 rings (SSSR count). The molecule has 1 amide bonds. The molecule has 0 saturated carbocycles. The molecule has 2 aliphatic rings. The van der Waals surface area contributed by atoms with Crippen LogP contribution in [0.3, 0.4) is 0 Å². The molecule has 2 saturated heterocycles. The molecular weight excluding hydrogens is 450 g/mol. The highest BCUT2D eigenvalue weighted by Gasteiger charge is 2.32. The van der Waals surface area contributed by atoms with Crippen LogP contribution < -0.4 is 16.0 Å². The van der Waals surface area contributed by atoms with Gasteiger partial charge in [0.2, 0.25) is 0 Å². The number of nitrogens with two attached hydrogens (primary N) is 1. The Bertz CT molecular complexity index is 1220. The van der Waals surface area contributed by atoms with Crippen molar-refractivity contribution >= 4 is 34.7 Å². The van der Waals surface area contributed by atoms with Gasteiger partial charge in [-0.2, -0.15) is 5.10 Å². The fraction of sp³-hybridized carbons (Fsp3) is 0.480. The molecule has 3 atom stereocenters. The predicted octanol–water partition coefficient (Wildman–Crippen LogP) is 3.83. The number of hydrogen-bond acceptors (Lipinski definition) is 6. The Morgan fingerprint density at radius 3 is 2.71 bits per heavy atom. The maximum absolute atomic E-state index is 13.5. The zero-order valence-corrected chi connectivity index (χ0v) is 20.7. The number of carbonyl (C=O) groups excluding carboxylic acids is 1. The minimum atomic E-state index is -0.121. The Balaban J connectivity index is 1.47. The van der Waals surface area contributed by atoms with Crippen molar-refractivity contribution in [2.75, 3.05) is 30.3 Å². The third-order valence-electron chi connectivity index (χ3n) is 6.83. The number of benzene rings is 1. The molecule has 0 spiro atoms. The second-order valence-electron chi connectivity index (χ2n) is 9.73. The van der Waals surface area contributed by atoms with E-state index in [-0.39, 0.29) is 11.9 Å². The number of aromatic nitrogens is 3. The third kappa shape index (κ3) is 4.32. The lowest BCUT2D eigenvalue weighted by atomic mass is 9.98. The third-order valence-corrected chi connectivity index (χ3v) is 7.07. The van der Waals surface area contributed by atoms with E-state index in [1.54, 1.807) is 18.2 Å². The summed E-state index contributed by atoms with van der Waals surface area (Å²) in [6.45, 7) is 8.99. The van der Waals surface area contributed by atoms with Gasteiger partial charge in [-0.15, -0.1) is 0 Å². The highest BCUT2D eigenvalue weighted by Crippen LogP contribution is 2.33. The fourth-order valence-corrected chi connectivity index (χ4v) is 5.52. The van der Waals surface area contributed by atoms with Gasteiger partial charge in [-0.1, -0.05) is 11.6 Å². The van der Waals surface area contributed by atoms with Crippen LogP contribution in [0.15, 0.2) is 30.5 Å². The minimum Gasteiger partial charge on any atom is -0.398 e. The molecule has 9 heteroatoms. The van der Waals surface area contributed by atoms with Gasteiger partial charge in [0.25, 0.3) is 5.91 Å². The summed E-state index contributed by atoms with van der Waals surface area (Å²) in [6.07, 6.45) is 4.90. The molecule has 2 fully saturated rings. The molecular formula is C25H32ClN7O. The van der Waals surface area contributed by atoms with E-state index < -0.39 is 0 Å². The molecule has 4 heterocycles. The number of nitrogens with one attached hydrogen (secondary N) is 1. The van der Waals surface area contributed by atoms with E-state index >= 15 is 0 Å². The molecule has 2 aliphatic heterocycles. The number of carbonyl (C=O) groups is 1. The maximum atomic E-state index is 13.5. The largest absolute Gasteiger partial charge is 0.398 e. The number of hydrogen-bond donors (Lipinski definition) is 2. The zero-order chi connectivity index (χ0) is 24.0. The van der Waals surface area contributed by atoms with Crippen LogP contribution >= 0.6 is 11.6 Å². The van der Waals surface area contributed by atoms with Crippen molar-refractivity contribution in [3.63, 3.8) is 0 Å². The smallest absolute Gasteiger partial charge is 0.256 e. The lowest BCUT2D eigenvalue weighted by Gasteiger charge is -2.37. The van der Waals surface area contributed by atoms with Crippen molar-refractivity contribution in [3.8, 4) is 0 Å². The molecule has 2 unspecified atom stereocenters. The molecule has 0 aliphatic carbocycles. The molecule has 0 bridgehead atoms. The number of likely N-dealkylation sites (tertiary alicyclic amines) is 1. The van der Waals surface area contributed by atoms with Crippen LogP contribution in [0.5, 0.6) is 0 Å². The van der Waals surface area contributed by atoms with Crippen LogP contribution in [0.1, 0.15) is 60.8 Å². The number of aryl methyl sites for hydroxylation is 1. The summed E-state index contributed by atoms with van der Waals surface area (Å²) in [5.41, 5.74) is 9.76. The lowest BCUT2D eigenvalue weighted by Crippen LogP contribution is -2.54. The van der Waals surface area contributed by atoms with Gasteiger partial charge in [-0.05, 0) is 58.2 Å². The van der Waals surface area contributed by atoms with E-state index in [0.717, 1.165) is 55.1 Å². The van der Waals surface area contributed by atoms with Crippen LogP contribution in [0, 0.1) is 6.92 Å². The Kier molecular flexibility index (Phi) is 6.12. The summed E-state index contributed by atoms with van der Waals surface area (Å²) in [4.78, 5) is 22.7. The van der Waals surface area contributed by atoms with E-state index in [0.29, 0.717) is 34.9 Å². The number of nitrogens with zero attached hydrogens (tertiary/aromatic N) is 5. The second kappa shape index (κ2) is 9.07. The Labute approximate surface area is 205 Å². The zero-order valence-electron chi connectivity index (χ0n) is 20.0. The first kappa shape index (κ1) is 22.9. The van der Waals surface area contributed by atoms with Crippen LogP contribution in [-0.4, -0.2) is 57.1 Å². The average molecular weight is 482 g/mol. The Hall–Kier alpha value is -2.84. The average Bonchev–Trinajstić information content (AvgIpc) is 3.21. The van der Waals surface area contributed by atoms with E-state index in [2.05, 4.69) is 31.0 Å². The Morgan fingerprint density at radius 1 is 1.18 bits per heavy atom. The number of piperidine rings is 1. The van der Waals surface area contributed by atoms with Crippen LogP contribution in [0.25, 0.3) is 5.65 Å². The summed E-state index contributed by atoms with van der Waals surface area (Å²) < 4.78 is 1.84. The number of halogens is 1. The summed E-state index contributed by atoms with van der Waals surface area (Å²) >= 11 is 6.16. The SMILES string of the molecule is Cc1cn2nc([C@@H]3CCCCN3C(=O)c3cc(Cl)ccc3N)cc2nc1N1CC(C)NC(C)C1. The summed E-state index contributed by atoms with van der Waals surface area (Å²) in [6, 6.07) is 7.76. The maximum Gasteiger partial charge on any atom is 0.256 e. The topological polar surface area (TPSA) is 91.8 Å². The number of fused-ring (bicyclic) bond motifs is 1. The molecule has 2 aromatic heterocycles. The van der Waals surface area contributed by atoms with Gasteiger partial charge >= 0.3 is 0 Å². The number of amides is 1. The van der Waals surface area contributed by atoms with Gasteiger partial charge < -0.3 is 20.9 Å². The van der Waals surface area contributed by atoms with Crippen molar-refractivity contribution in [1.82, 2.24) is 24.8 Å². The van der Waals surface area contributed by atoms with Crippen molar-refractivity contribution in [2.45, 2.75) is 58.2 Å². The normalized spacial score (nSPS) is 23.5. The van der Waals surface area contributed by atoms with E-state index in [4.69, 9.17) is 27.4 Å². The highest BCUT2D eigenvalue weighted by atomic mass is 35.5. The Morgan fingerprint density at radius 2 is 1.94 bits per heavy atom. The first-order chi connectivity index (χ1) is 16.3. The van der Waals surface area contributed by atoms with Gasteiger partial charge in [0.15, 0.2) is 5.65 Å². The molecule has 8 nitrogen and oxygen atoms in total. The van der Waals surface area contributed by atoms with E-state index in [1.165, 1.54) is 0 Å². The van der Waals surface area contributed by atoms with Crippen molar-refractivity contribution in [2.24, 2.45) is 0 Å². The summed E-state index contributed by atoms with van der Waals surface area (Å²) in [5, 5.41) is 8.93. The van der Waals surface area contributed by atoms with Gasteiger partial charge in [-0.3, -0.25) is 4.79 Å². The van der Waals surface area contributed by atoms with Gasteiger partial charge in [0.1, 0.15) is 5.82 Å². The van der Waals surface area contributed by atoms with Crippen molar-refractivity contribution in [3.05, 3.63) is 52.3 Å². The van der Waals surface area contributed by atoms with Gasteiger partial charge in [-0.25, -0.2) is 9.50 Å². The molecule has 34 heavy (non-hydrogen) atoms.